The Labute approximate surface area is 325 Å². The van der Waals surface area contributed by atoms with E-state index in [2.05, 4.69) is 10.6 Å². The predicted molar refractivity (Wildman–Crippen MR) is 212 cm³/mol. The molecule has 0 aromatic heterocycles. The van der Waals surface area contributed by atoms with Crippen LogP contribution in [0.5, 0.6) is 5.75 Å². The molecule has 3 atom stereocenters. The summed E-state index contributed by atoms with van der Waals surface area (Å²) in [5.41, 5.74) is 7.34. The number of hydrogen-bond acceptors (Lipinski definition) is 10. The molecule has 4 amide bonds. The number of nitrogen functional groups attached to an aromatic ring is 1. The van der Waals surface area contributed by atoms with Crippen LogP contribution in [-0.2, 0) is 43.3 Å². The van der Waals surface area contributed by atoms with Crippen molar-refractivity contribution >= 4 is 47.2 Å². The van der Waals surface area contributed by atoms with Crippen LogP contribution in [0.4, 0.5) is 10.5 Å². The lowest BCUT2D eigenvalue weighted by atomic mass is 9.98. The quantitative estimate of drug-likeness (QED) is 0.0821. The van der Waals surface area contributed by atoms with E-state index in [1.54, 1.807) is 63.2 Å². The predicted octanol–water partition coefficient (Wildman–Crippen LogP) is 5.67. The van der Waals surface area contributed by atoms with E-state index in [0.29, 0.717) is 22.6 Å². The molecule has 290 valence electrons. The van der Waals surface area contributed by atoms with Gasteiger partial charge in [0.25, 0.3) is 11.8 Å². The second-order valence-electron chi connectivity index (χ2n) is 13.8. The topological polar surface area (TPSA) is 177 Å². The second kappa shape index (κ2) is 20.0. The zero-order valence-electron chi connectivity index (χ0n) is 31.4. The van der Waals surface area contributed by atoms with E-state index in [-0.39, 0.29) is 37.2 Å². The zero-order chi connectivity index (χ0) is 40.0. The molecule has 0 aliphatic carbocycles. The number of ether oxygens (including phenoxy) is 2. The summed E-state index contributed by atoms with van der Waals surface area (Å²) in [6, 6.07) is 25.8. The number of aromatic hydroxyl groups is 1. The van der Waals surface area contributed by atoms with E-state index in [4.69, 9.17) is 15.2 Å². The second-order valence-corrected chi connectivity index (χ2v) is 14.8. The molecule has 55 heavy (non-hydrogen) atoms. The first-order chi connectivity index (χ1) is 26.2. The molecule has 4 rings (SSSR count). The number of nitrogens with one attached hydrogen (secondary N) is 2. The van der Waals surface area contributed by atoms with Gasteiger partial charge in [0, 0.05) is 24.1 Å². The smallest absolute Gasteiger partial charge is 0.408 e. The normalized spacial score (nSPS) is 12.7. The number of alkyl carbamates (subject to hydrolysis) is 1. The van der Waals surface area contributed by atoms with Crippen molar-refractivity contribution in [1.29, 1.82) is 0 Å². The summed E-state index contributed by atoms with van der Waals surface area (Å²) in [6.45, 7) is 4.98. The Morgan fingerprint density at radius 3 is 1.93 bits per heavy atom. The first-order valence-corrected chi connectivity index (χ1v) is 19.2. The molecule has 0 saturated heterocycles. The van der Waals surface area contributed by atoms with Gasteiger partial charge in [-0.05, 0) is 92.3 Å². The van der Waals surface area contributed by atoms with Gasteiger partial charge in [0.1, 0.15) is 36.1 Å². The molecule has 0 saturated carbocycles. The fraction of sp³-hybridized carbons (Fsp3) is 0.310. The summed E-state index contributed by atoms with van der Waals surface area (Å²) in [5, 5.41) is 15.3. The number of phenols is 1. The molecule has 13 heteroatoms. The molecule has 12 nitrogen and oxygen atoms in total. The van der Waals surface area contributed by atoms with Crippen molar-refractivity contribution in [3.63, 3.8) is 0 Å². The highest BCUT2D eigenvalue weighted by Crippen LogP contribution is 2.21. The van der Waals surface area contributed by atoms with Crippen molar-refractivity contribution < 1.29 is 38.6 Å². The molecule has 4 aromatic carbocycles. The van der Waals surface area contributed by atoms with Crippen LogP contribution in [-0.4, -0.2) is 75.5 Å². The van der Waals surface area contributed by atoms with Gasteiger partial charge in [0.2, 0.25) is 5.91 Å². The lowest BCUT2D eigenvalue weighted by Gasteiger charge is -2.34. The van der Waals surface area contributed by atoms with E-state index >= 15 is 0 Å². The Kier molecular flexibility index (Phi) is 15.3. The van der Waals surface area contributed by atoms with Gasteiger partial charge in [-0.2, -0.15) is 11.8 Å². The van der Waals surface area contributed by atoms with Crippen LogP contribution in [0.2, 0.25) is 0 Å². The van der Waals surface area contributed by atoms with Crippen molar-refractivity contribution in [1.82, 2.24) is 15.5 Å². The number of carbonyl (C=O) groups excluding carboxylic acids is 5. The Balaban J connectivity index is 1.79. The lowest BCUT2D eigenvalue weighted by Crippen LogP contribution is -2.60. The molecule has 0 aliphatic rings. The summed E-state index contributed by atoms with van der Waals surface area (Å²) in [7, 11) is 0. The SMILES string of the molecule is CSCC[C@H](NC(=O)[C@H](Cc1ccccc1)N(C(=O)c1ccc(N)cc1)C(=O)[C@H](Cc1ccc(O)cc1)NC(=O)OC(C)(C)C)C(=O)OCc1ccccc1. The van der Waals surface area contributed by atoms with Crippen LogP contribution >= 0.6 is 11.8 Å². The molecule has 0 fully saturated rings. The zero-order valence-corrected chi connectivity index (χ0v) is 32.2. The van der Waals surface area contributed by atoms with Gasteiger partial charge in [-0.15, -0.1) is 0 Å². The number of amides is 4. The highest BCUT2D eigenvalue weighted by molar-refractivity contribution is 7.98. The molecular weight excluding hydrogens is 721 g/mol. The van der Waals surface area contributed by atoms with E-state index in [0.717, 1.165) is 10.5 Å². The fourth-order valence-electron chi connectivity index (χ4n) is 5.57. The summed E-state index contributed by atoms with van der Waals surface area (Å²) in [6.07, 6.45) is 0.885. The molecule has 5 N–H and O–H groups in total. The summed E-state index contributed by atoms with van der Waals surface area (Å²) >= 11 is 1.47. The molecule has 0 unspecified atom stereocenters. The van der Waals surface area contributed by atoms with Gasteiger partial charge in [-0.25, -0.2) is 9.59 Å². The number of anilines is 1. The number of rotatable bonds is 16. The van der Waals surface area contributed by atoms with Crippen LogP contribution < -0.4 is 16.4 Å². The minimum Gasteiger partial charge on any atom is -0.508 e. The minimum atomic E-state index is -1.51. The van der Waals surface area contributed by atoms with E-state index in [1.807, 2.05) is 36.6 Å². The third-order valence-corrected chi connectivity index (χ3v) is 8.94. The Morgan fingerprint density at radius 2 is 1.35 bits per heavy atom. The number of phenolic OH excluding ortho intramolecular Hbond substituents is 1. The number of benzene rings is 4. The minimum absolute atomic E-state index is 0.00944. The Bertz CT molecular complexity index is 1890. The van der Waals surface area contributed by atoms with Gasteiger partial charge in [-0.1, -0.05) is 72.8 Å². The first-order valence-electron chi connectivity index (χ1n) is 17.8. The van der Waals surface area contributed by atoms with Crippen molar-refractivity contribution in [3.05, 3.63) is 131 Å². The Hall–Kier alpha value is -5.82. The van der Waals surface area contributed by atoms with Crippen LogP contribution in [0.1, 0.15) is 54.2 Å². The van der Waals surface area contributed by atoms with Gasteiger partial charge in [0.15, 0.2) is 0 Å². The van der Waals surface area contributed by atoms with Gasteiger partial charge in [-0.3, -0.25) is 19.3 Å². The molecule has 4 aromatic rings. The van der Waals surface area contributed by atoms with Gasteiger partial charge >= 0.3 is 12.1 Å². The molecule has 0 radical (unpaired) electrons. The highest BCUT2D eigenvalue weighted by atomic mass is 32.2. The summed E-state index contributed by atoms with van der Waals surface area (Å²) < 4.78 is 11.1. The highest BCUT2D eigenvalue weighted by Gasteiger charge is 2.41. The van der Waals surface area contributed by atoms with E-state index in [9.17, 15) is 29.1 Å². The Morgan fingerprint density at radius 1 is 0.764 bits per heavy atom. The average molecular weight is 769 g/mol. The number of carbonyl (C=O) groups is 5. The average Bonchev–Trinajstić information content (AvgIpc) is 3.16. The van der Waals surface area contributed by atoms with Gasteiger partial charge in [0.05, 0.1) is 0 Å². The fourth-order valence-corrected chi connectivity index (χ4v) is 6.04. The maximum Gasteiger partial charge on any atom is 0.408 e. The molecule has 0 spiro atoms. The molecule has 0 heterocycles. The van der Waals surface area contributed by atoms with Crippen molar-refractivity contribution in [2.24, 2.45) is 0 Å². The number of thioether (sulfide) groups is 1. The van der Waals surface area contributed by atoms with Crippen molar-refractivity contribution in [3.8, 4) is 5.75 Å². The largest absolute Gasteiger partial charge is 0.508 e. The summed E-state index contributed by atoms with van der Waals surface area (Å²) in [5.74, 6) is -2.73. The third kappa shape index (κ3) is 13.2. The number of nitrogens with two attached hydrogens (primary N) is 1. The molecule has 0 bridgehead atoms. The number of imide groups is 1. The lowest BCUT2D eigenvalue weighted by molar-refractivity contribution is -0.150. The maximum absolute atomic E-state index is 15.0. The van der Waals surface area contributed by atoms with Crippen LogP contribution in [0, 0.1) is 0 Å². The maximum atomic E-state index is 15.0. The van der Waals surface area contributed by atoms with E-state index in [1.165, 1.54) is 48.2 Å². The number of nitrogens with zero attached hydrogens (tertiary/aromatic N) is 1. The molecular formula is C42H48N4O8S. The standard InChI is InChI=1S/C42H48N4O8S/c1-42(2,3)54-41(52)45-35(25-29-15-21-33(47)22-16-29)39(50)46(38(49)31-17-19-32(43)20-18-31)36(26-28-11-7-5-8-12-28)37(48)44-34(23-24-55-4)40(51)53-27-30-13-9-6-10-14-30/h5-22,34-36,47H,23-27,43H2,1-4H3,(H,44,48)(H,45,52)/t34-,35-,36-/m0/s1. The third-order valence-electron chi connectivity index (χ3n) is 8.30. The van der Waals surface area contributed by atoms with Crippen LogP contribution in [0.3, 0.4) is 0 Å². The van der Waals surface area contributed by atoms with Gasteiger partial charge < -0.3 is 30.9 Å². The summed E-state index contributed by atoms with van der Waals surface area (Å²) in [4.78, 5) is 71.8. The number of esters is 1. The first kappa shape index (κ1) is 41.9. The van der Waals surface area contributed by atoms with Crippen LogP contribution in [0.15, 0.2) is 109 Å². The van der Waals surface area contributed by atoms with Crippen molar-refractivity contribution in [2.45, 2.75) is 70.4 Å². The van der Waals surface area contributed by atoms with E-state index < -0.39 is 53.5 Å². The van der Waals surface area contributed by atoms with Crippen molar-refractivity contribution in [2.75, 3.05) is 17.7 Å². The van der Waals surface area contributed by atoms with Crippen LogP contribution in [0.25, 0.3) is 0 Å². The number of hydrogen-bond donors (Lipinski definition) is 4. The monoisotopic (exact) mass is 768 g/mol. The molecule has 0 aliphatic heterocycles.